The predicted octanol–water partition coefficient (Wildman–Crippen LogP) is -0.495. The van der Waals surface area contributed by atoms with E-state index in [-0.39, 0.29) is 38.3 Å². The van der Waals surface area contributed by atoms with Gasteiger partial charge in [0.25, 0.3) is 0 Å². The van der Waals surface area contributed by atoms with Gasteiger partial charge in [-0.2, -0.15) is 5.26 Å². The zero-order valence-corrected chi connectivity index (χ0v) is 11.2. The van der Waals surface area contributed by atoms with E-state index in [1.807, 2.05) is 6.07 Å². The average Bonchev–Trinajstić information content (AvgIpc) is 2.91. The number of hydrogen-bond donors (Lipinski definition) is 1. The molecule has 0 aromatic carbocycles. The molecule has 0 aromatic rings. The summed E-state index contributed by atoms with van der Waals surface area (Å²) in [6.45, 7) is 1.05. The lowest BCUT2D eigenvalue weighted by atomic mass is 10.2. The van der Waals surface area contributed by atoms with Gasteiger partial charge in [0.2, 0.25) is 0 Å². The predicted molar refractivity (Wildman–Crippen MR) is 65.9 cm³/mol. The van der Waals surface area contributed by atoms with Gasteiger partial charge in [-0.3, -0.25) is 0 Å². The lowest BCUT2D eigenvalue weighted by molar-refractivity contribution is -0.141. The summed E-state index contributed by atoms with van der Waals surface area (Å²) >= 11 is 0. The minimum absolute atomic E-state index is 0.163. The minimum Gasteiger partial charge on any atom is -0.480 e. The number of rotatable bonds is 2. The lowest BCUT2D eigenvalue weighted by Gasteiger charge is -2.34. The van der Waals surface area contributed by atoms with E-state index in [1.54, 1.807) is 0 Å². The van der Waals surface area contributed by atoms with Crippen LogP contribution in [0.2, 0.25) is 0 Å². The maximum Gasteiger partial charge on any atom is 0.326 e. The number of nitriles is 1. The Morgan fingerprint density at radius 2 is 2.20 bits per heavy atom. The van der Waals surface area contributed by atoms with Crippen molar-refractivity contribution < 1.29 is 24.2 Å². The van der Waals surface area contributed by atoms with Crippen molar-refractivity contribution in [2.24, 2.45) is 0 Å². The van der Waals surface area contributed by atoms with Gasteiger partial charge in [0.1, 0.15) is 6.04 Å². The Hall–Kier alpha value is -1.85. The second kappa shape index (κ2) is 6.07. The molecule has 0 saturated carbocycles. The highest BCUT2D eigenvalue weighted by Crippen LogP contribution is 2.22. The van der Waals surface area contributed by atoms with E-state index in [0.717, 1.165) is 0 Å². The second-order valence-corrected chi connectivity index (χ2v) is 4.82. The molecular weight excluding hydrogens is 266 g/mol. The van der Waals surface area contributed by atoms with Crippen LogP contribution in [0.1, 0.15) is 6.42 Å². The maximum atomic E-state index is 12.4. The number of ether oxygens (including phenoxy) is 2. The van der Waals surface area contributed by atoms with E-state index in [9.17, 15) is 14.7 Å². The Labute approximate surface area is 116 Å². The molecule has 0 radical (unpaired) electrons. The molecule has 2 rings (SSSR count). The highest BCUT2D eigenvalue weighted by Gasteiger charge is 2.42. The molecule has 3 atom stereocenters. The van der Waals surface area contributed by atoms with E-state index < -0.39 is 18.1 Å². The van der Waals surface area contributed by atoms with Crippen molar-refractivity contribution in [1.29, 1.82) is 5.26 Å². The first-order valence-corrected chi connectivity index (χ1v) is 6.39. The third-order valence-electron chi connectivity index (χ3n) is 3.61. The topological polar surface area (TPSA) is 103 Å². The molecule has 2 fully saturated rings. The molecule has 110 valence electrons. The number of methoxy groups -OCH3 is 1. The summed E-state index contributed by atoms with van der Waals surface area (Å²) in [5.41, 5.74) is 0. The first kappa shape index (κ1) is 14.6. The van der Waals surface area contributed by atoms with Crippen LogP contribution in [0.25, 0.3) is 0 Å². The van der Waals surface area contributed by atoms with Crippen LogP contribution in [0.15, 0.2) is 0 Å². The van der Waals surface area contributed by atoms with Crippen LogP contribution >= 0.6 is 0 Å². The monoisotopic (exact) mass is 283 g/mol. The molecule has 0 aromatic heterocycles. The fourth-order valence-corrected chi connectivity index (χ4v) is 2.50. The lowest BCUT2D eigenvalue weighted by Crippen LogP contribution is -2.53. The number of morpholine rings is 1. The normalized spacial score (nSPS) is 30.1. The SMILES string of the molecule is COC1CC(C(=O)O)N(C(=O)N2CCOC(C#N)C2)C1. The Bertz CT molecular complexity index is 435. The number of carboxylic acid groups (broad SMARTS) is 1. The summed E-state index contributed by atoms with van der Waals surface area (Å²) in [5.74, 6) is -1.04. The van der Waals surface area contributed by atoms with Crippen molar-refractivity contribution in [3.63, 3.8) is 0 Å². The number of urea groups is 1. The summed E-state index contributed by atoms with van der Waals surface area (Å²) in [7, 11) is 1.50. The number of hydrogen-bond acceptors (Lipinski definition) is 5. The molecule has 2 heterocycles. The van der Waals surface area contributed by atoms with E-state index in [4.69, 9.17) is 14.7 Å². The summed E-state index contributed by atoms with van der Waals surface area (Å²) in [5, 5.41) is 18.0. The van der Waals surface area contributed by atoms with Crippen molar-refractivity contribution >= 4 is 12.0 Å². The molecule has 8 heteroatoms. The van der Waals surface area contributed by atoms with Crippen molar-refractivity contribution in [1.82, 2.24) is 9.80 Å². The van der Waals surface area contributed by atoms with Crippen molar-refractivity contribution in [3.8, 4) is 6.07 Å². The third kappa shape index (κ3) is 2.84. The Morgan fingerprint density at radius 3 is 2.80 bits per heavy atom. The molecular formula is C12H17N3O5. The van der Waals surface area contributed by atoms with E-state index in [1.165, 1.54) is 16.9 Å². The van der Waals surface area contributed by atoms with Gasteiger partial charge in [-0.05, 0) is 0 Å². The molecule has 2 aliphatic heterocycles. The van der Waals surface area contributed by atoms with Gasteiger partial charge in [-0.25, -0.2) is 9.59 Å². The van der Waals surface area contributed by atoms with Gasteiger partial charge in [-0.15, -0.1) is 0 Å². The highest BCUT2D eigenvalue weighted by molar-refractivity contribution is 5.83. The largest absolute Gasteiger partial charge is 0.480 e. The van der Waals surface area contributed by atoms with Crippen LogP contribution in [0.5, 0.6) is 0 Å². The fraction of sp³-hybridized carbons (Fsp3) is 0.750. The average molecular weight is 283 g/mol. The highest BCUT2D eigenvalue weighted by atomic mass is 16.5. The first-order chi connectivity index (χ1) is 9.56. The molecule has 0 bridgehead atoms. The molecule has 2 aliphatic rings. The Kier molecular flexibility index (Phi) is 4.42. The summed E-state index contributed by atoms with van der Waals surface area (Å²) in [4.78, 5) is 26.4. The number of aliphatic carboxylic acids is 1. The summed E-state index contributed by atoms with van der Waals surface area (Å²) in [6.07, 6.45) is -0.645. The van der Waals surface area contributed by atoms with Crippen molar-refractivity contribution in [3.05, 3.63) is 0 Å². The number of likely N-dealkylation sites (tertiary alicyclic amines) is 1. The zero-order valence-electron chi connectivity index (χ0n) is 11.2. The molecule has 8 nitrogen and oxygen atoms in total. The van der Waals surface area contributed by atoms with Crippen LogP contribution in [0.4, 0.5) is 4.79 Å². The number of carbonyl (C=O) groups excluding carboxylic acids is 1. The van der Waals surface area contributed by atoms with Gasteiger partial charge in [0.05, 0.1) is 25.3 Å². The number of carboxylic acids is 1. The molecule has 0 spiro atoms. The molecule has 1 N–H and O–H groups in total. The third-order valence-corrected chi connectivity index (χ3v) is 3.61. The maximum absolute atomic E-state index is 12.4. The van der Waals surface area contributed by atoms with E-state index >= 15 is 0 Å². The molecule has 2 saturated heterocycles. The van der Waals surface area contributed by atoms with Gasteiger partial charge in [0.15, 0.2) is 6.10 Å². The van der Waals surface area contributed by atoms with E-state index in [0.29, 0.717) is 6.54 Å². The first-order valence-electron chi connectivity index (χ1n) is 6.39. The molecule has 20 heavy (non-hydrogen) atoms. The van der Waals surface area contributed by atoms with Crippen LogP contribution in [-0.4, -0.2) is 78.5 Å². The fourth-order valence-electron chi connectivity index (χ4n) is 2.50. The van der Waals surface area contributed by atoms with Crippen LogP contribution in [0.3, 0.4) is 0 Å². The van der Waals surface area contributed by atoms with Gasteiger partial charge >= 0.3 is 12.0 Å². The van der Waals surface area contributed by atoms with Gasteiger partial charge in [0, 0.05) is 26.6 Å². The number of amides is 2. The number of nitrogens with zero attached hydrogens (tertiary/aromatic N) is 3. The van der Waals surface area contributed by atoms with Crippen molar-refractivity contribution in [2.45, 2.75) is 24.7 Å². The minimum atomic E-state index is -1.04. The Morgan fingerprint density at radius 1 is 1.45 bits per heavy atom. The summed E-state index contributed by atoms with van der Waals surface area (Å²) < 4.78 is 10.3. The van der Waals surface area contributed by atoms with Gasteiger partial charge in [-0.1, -0.05) is 0 Å². The van der Waals surface area contributed by atoms with Gasteiger partial charge < -0.3 is 24.4 Å². The quantitative estimate of drug-likeness (QED) is 0.733. The Balaban J connectivity index is 2.07. The van der Waals surface area contributed by atoms with Crippen LogP contribution in [0, 0.1) is 11.3 Å². The zero-order chi connectivity index (χ0) is 14.7. The van der Waals surface area contributed by atoms with E-state index in [2.05, 4.69) is 0 Å². The second-order valence-electron chi connectivity index (χ2n) is 4.82. The number of carbonyl (C=O) groups is 2. The smallest absolute Gasteiger partial charge is 0.326 e. The molecule has 2 amide bonds. The standard InChI is InChI=1S/C12H17N3O5/c1-19-8-4-10(11(16)17)15(7-8)12(18)14-2-3-20-9(5-13)6-14/h8-10H,2-4,6-7H2,1H3,(H,16,17). The van der Waals surface area contributed by atoms with Crippen LogP contribution < -0.4 is 0 Å². The molecule has 0 aliphatic carbocycles. The molecule has 3 unspecified atom stereocenters. The summed E-state index contributed by atoms with van der Waals surface area (Å²) in [6, 6.07) is 0.704. The van der Waals surface area contributed by atoms with Crippen LogP contribution in [-0.2, 0) is 14.3 Å². The van der Waals surface area contributed by atoms with Crippen molar-refractivity contribution in [2.75, 3.05) is 33.4 Å².